The zero-order chi connectivity index (χ0) is 10.4. The fraction of sp³-hybridized carbons (Fsp3) is 0.900. The lowest BCUT2D eigenvalue weighted by atomic mass is 9.89. The summed E-state index contributed by atoms with van der Waals surface area (Å²) in [6, 6.07) is 0. The van der Waals surface area contributed by atoms with Crippen molar-refractivity contribution in [1.82, 2.24) is 5.32 Å². The predicted molar refractivity (Wildman–Crippen MR) is 56.4 cm³/mol. The van der Waals surface area contributed by atoms with Gasteiger partial charge in [-0.1, -0.05) is 30.9 Å². The smallest absolute Gasteiger partial charge is 0.408 e. The lowest BCUT2D eigenvalue weighted by molar-refractivity contribution is 0.136. The third-order valence-electron chi connectivity index (χ3n) is 2.53. The van der Waals surface area contributed by atoms with Gasteiger partial charge >= 0.3 is 6.09 Å². The first kappa shape index (κ1) is 11.6. The number of rotatable bonds is 3. The molecule has 0 heterocycles. The monoisotopic (exact) mass is 219 g/mol. The minimum absolute atomic E-state index is 0.405. The van der Waals surface area contributed by atoms with Gasteiger partial charge in [0, 0.05) is 6.54 Å². The molecule has 1 atom stereocenters. The van der Waals surface area contributed by atoms with Crippen molar-refractivity contribution in [3.8, 4) is 0 Å². The van der Waals surface area contributed by atoms with E-state index >= 15 is 0 Å². The van der Waals surface area contributed by atoms with Crippen LogP contribution < -0.4 is 5.32 Å². The zero-order valence-corrected chi connectivity index (χ0v) is 9.35. The number of ether oxygens (including phenoxy) is 1. The molecule has 3 nitrogen and oxygen atoms in total. The van der Waals surface area contributed by atoms with E-state index in [1.165, 1.54) is 32.1 Å². The number of nitrogens with one attached hydrogen (secondary N) is 1. The average Bonchev–Trinajstić information content (AvgIpc) is 2.15. The van der Waals surface area contributed by atoms with Crippen molar-refractivity contribution in [2.75, 3.05) is 6.54 Å². The SMILES string of the molecule is CC(Cl)OC(=O)NCC1CCCCC1. The molecule has 0 aromatic heterocycles. The summed E-state index contributed by atoms with van der Waals surface area (Å²) < 4.78 is 4.76. The molecule has 4 heteroatoms. The van der Waals surface area contributed by atoms with Crippen molar-refractivity contribution in [1.29, 1.82) is 0 Å². The zero-order valence-electron chi connectivity index (χ0n) is 8.59. The highest BCUT2D eigenvalue weighted by Gasteiger charge is 2.14. The number of hydrogen-bond donors (Lipinski definition) is 1. The standard InChI is InChI=1S/C10H18ClNO2/c1-8(11)14-10(13)12-7-9-5-3-2-4-6-9/h8-9H,2-7H2,1H3,(H,12,13). The lowest BCUT2D eigenvalue weighted by Crippen LogP contribution is -2.31. The number of alkyl halides is 1. The van der Waals surface area contributed by atoms with Crippen LogP contribution in [0.2, 0.25) is 0 Å². The quantitative estimate of drug-likeness (QED) is 0.742. The van der Waals surface area contributed by atoms with Crippen LogP contribution in [0.1, 0.15) is 39.0 Å². The van der Waals surface area contributed by atoms with Gasteiger partial charge < -0.3 is 10.1 Å². The molecule has 1 rings (SSSR count). The van der Waals surface area contributed by atoms with E-state index in [-0.39, 0.29) is 0 Å². The highest BCUT2D eigenvalue weighted by atomic mass is 35.5. The molecule has 14 heavy (non-hydrogen) atoms. The average molecular weight is 220 g/mol. The molecule has 0 aromatic rings. The molecule has 1 saturated carbocycles. The van der Waals surface area contributed by atoms with Crippen molar-refractivity contribution in [2.45, 2.75) is 44.6 Å². The summed E-state index contributed by atoms with van der Waals surface area (Å²) in [5, 5.41) is 2.74. The van der Waals surface area contributed by atoms with Crippen LogP contribution in [0.3, 0.4) is 0 Å². The molecule has 0 saturated heterocycles. The van der Waals surface area contributed by atoms with E-state index in [1.54, 1.807) is 6.92 Å². The molecule has 1 aliphatic rings. The van der Waals surface area contributed by atoms with Gasteiger partial charge in [0.15, 0.2) is 5.56 Å². The number of carbonyl (C=O) groups is 1. The second kappa shape index (κ2) is 6.12. The molecule has 0 aromatic carbocycles. The highest BCUT2D eigenvalue weighted by molar-refractivity contribution is 6.19. The van der Waals surface area contributed by atoms with Gasteiger partial charge in [-0.25, -0.2) is 4.79 Å². The molecule has 1 amide bonds. The molecule has 0 bridgehead atoms. The summed E-state index contributed by atoms with van der Waals surface area (Å²) in [6.07, 6.45) is 5.94. The van der Waals surface area contributed by atoms with E-state index in [0.29, 0.717) is 5.92 Å². The van der Waals surface area contributed by atoms with E-state index in [4.69, 9.17) is 16.3 Å². The Kier molecular flexibility index (Phi) is 5.09. The van der Waals surface area contributed by atoms with Crippen molar-refractivity contribution < 1.29 is 9.53 Å². The van der Waals surface area contributed by atoms with E-state index in [1.807, 2.05) is 0 Å². The van der Waals surface area contributed by atoms with Gasteiger partial charge in [0.2, 0.25) is 0 Å². The normalized spacial score (nSPS) is 20.1. The van der Waals surface area contributed by atoms with E-state index < -0.39 is 11.7 Å². The number of hydrogen-bond acceptors (Lipinski definition) is 2. The van der Waals surface area contributed by atoms with Gasteiger partial charge in [0.1, 0.15) is 0 Å². The van der Waals surface area contributed by atoms with Gasteiger partial charge in [-0.15, -0.1) is 0 Å². The van der Waals surface area contributed by atoms with Crippen molar-refractivity contribution >= 4 is 17.7 Å². The Bertz CT molecular complexity index is 179. The van der Waals surface area contributed by atoms with E-state index in [0.717, 1.165) is 6.54 Å². The maximum absolute atomic E-state index is 11.1. The Morgan fingerprint density at radius 3 is 2.71 bits per heavy atom. The largest absolute Gasteiger partial charge is 0.430 e. The number of alkyl carbamates (subject to hydrolysis) is 1. The maximum Gasteiger partial charge on any atom is 0.408 e. The van der Waals surface area contributed by atoms with Crippen LogP contribution in [0.4, 0.5) is 4.79 Å². The summed E-state index contributed by atoms with van der Waals surface area (Å²) in [5.41, 5.74) is -0.554. The molecule has 82 valence electrons. The Balaban J connectivity index is 2.09. The fourth-order valence-electron chi connectivity index (χ4n) is 1.81. The summed E-state index contributed by atoms with van der Waals surface area (Å²) in [5.74, 6) is 0.627. The molecule has 1 aliphatic carbocycles. The van der Waals surface area contributed by atoms with Crippen LogP contribution >= 0.6 is 11.6 Å². The second-order valence-electron chi connectivity index (χ2n) is 3.83. The van der Waals surface area contributed by atoms with E-state index in [2.05, 4.69) is 5.32 Å². The van der Waals surface area contributed by atoms with Crippen LogP contribution in [-0.2, 0) is 4.74 Å². The van der Waals surface area contributed by atoms with Crippen molar-refractivity contribution in [2.24, 2.45) is 5.92 Å². The molecular weight excluding hydrogens is 202 g/mol. The first-order chi connectivity index (χ1) is 6.68. The Hall–Kier alpha value is -0.440. The molecular formula is C10H18ClNO2. The summed E-state index contributed by atoms with van der Waals surface area (Å²) in [6.45, 7) is 2.35. The van der Waals surface area contributed by atoms with Gasteiger partial charge in [0.05, 0.1) is 0 Å². The van der Waals surface area contributed by atoms with Crippen LogP contribution in [0, 0.1) is 5.92 Å². The maximum atomic E-state index is 11.1. The molecule has 1 unspecified atom stereocenters. The topological polar surface area (TPSA) is 38.3 Å². The van der Waals surface area contributed by atoms with Crippen LogP contribution in [0.5, 0.6) is 0 Å². The second-order valence-corrected chi connectivity index (χ2v) is 4.45. The Morgan fingerprint density at radius 2 is 2.14 bits per heavy atom. The van der Waals surface area contributed by atoms with Gasteiger partial charge in [-0.2, -0.15) is 0 Å². The number of halogens is 1. The fourth-order valence-corrected chi connectivity index (χ4v) is 1.89. The third-order valence-corrected chi connectivity index (χ3v) is 2.62. The molecule has 0 aliphatic heterocycles. The number of carbonyl (C=O) groups excluding carboxylic acids is 1. The van der Waals surface area contributed by atoms with Gasteiger partial charge in [0.25, 0.3) is 0 Å². The molecule has 1 fully saturated rings. The predicted octanol–water partition coefficient (Wildman–Crippen LogP) is 2.88. The molecule has 0 spiro atoms. The van der Waals surface area contributed by atoms with Crippen LogP contribution in [0.15, 0.2) is 0 Å². The van der Waals surface area contributed by atoms with Crippen LogP contribution in [0.25, 0.3) is 0 Å². The summed E-state index contributed by atoms with van der Waals surface area (Å²) >= 11 is 5.51. The molecule has 0 radical (unpaired) electrons. The summed E-state index contributed by atoms with van der Waals surface area (Å²) in [7, 11) is 0. The third kappa shape index (κ3) is 4.70. The lowest BCUT2D eigenvalue weighted by Gasteiger charge is -2.21. The van der Waals surface area contributed by atoms with Crippen LogP contribution in [-0.4, -0.2) is 18.2 Å². The van der Waals surface area contributed by atoms with Crippen molar-refractivity contribution in [3.05, 3.63) is 0 Å². The minimum atomic E-state index is -0.554. The van der Waals surface area contributed by atoms with Gasteiger partial charge in [-0.05, 0) is 25.7 Å². The minimum Gasteiger partial charge on any atom is -0.430 e. The first-order valence-electron chi connectivity index (χ1n) is 5.27. The summed E-state index contributed by atoms with van der Waals surface area (Å²) in [4.78, 5) is 11.1. The van der Waals surface area contributed by atoms with Gasteiger partial charge in [-0.3, -0.25) is 0 Å². The van der Waals surface area contributed by atoms with Crippen molar-refractivity contribution in [3.63, 3.8) is 0 Å². The first-order valence-corrected chi connectivity index (χ1v) is 5.70. The highest BCUT2D eigenvalue weighted by Crippen LogP contribution is 2.22. The number of amides is 1. The molecule has 1 N–H and O–H groups in total. The Labute approximate surface area is 90.1 Å². The van der Waals surface area contributed by atoms with E-state index in [9.17, 15) is 4.79 Å². The Morgan fingerprint density at radius 1 is 1.50 bits per heavy atom.